The van der Waals surface area contributed by atoms with Gasteiger partial charge in [-0.2, -0.15) is 0 Å². The number of nitrogens with zero attached hydrogens (tertiary/aromatic N) is 2. The first kappa shape index (κ1) is 15.4. The summed E-state index contributed by atoms with van der Waals surface area (Å²) in [5.41, 5.74) is 3.45. The maximum absolute atomic E-state index is 12.5. The lowest BCUT2D eigenvalue weighted by atomic mass is 9.93. The number of rotatable bonds is 3. The van der Waals surface area contributed by atoms with E-state index >= 15 is 0 Å². The van der Waals surface area contributed by atoms with Crippen molar-refractivity contribution < 1.29 is 17.9 Å². The lowest BCUT2D eigenvalue weighted by Crippen LogP contribution is -2.60. The van der Waals surface area contributed by atoms with E-state index in [0.717, 1.165) is 25.9 Å². The molecule has 3 rings (SSSR count). The molecule has 0 amide bonds. The number of para-hydroxylation sites is 2. The number of nitrogens with one attached hydrogen (secondary N) is 1. The van der Waals surface area contributed by atoms with Gasteiger partial charge in [0, 0.05) is 25.2 Å². The Balaban J connectivity index is 1.71. The van der Waals surface area contributed by atoms with Crippen molar-refractivity contribution in [2.24, 2.45) is 0 Å². The van der Waals surface area contributed by atoms with Crippen LogP contribution in [-0.2, 0) is 0 Å². The summed E-state index contributed by atoms with van der Waals surface area (Å²) in [6.07, 6.45) is -1.20. The van der Waals surface area contributed by atoms with E-state index in [1.54, 1.807) is 12.1 Å². The van der Waals surface area contributed by atoms with Gasteiger partial charge >= 0.3 is 6.36 Å². The van der Waals surface area contributed by atoms with Crippen molar-refractivity contribution in [1.82, 2.24) is 9.91 Å². The zero-order chi connectivity index (χ0) is 15.7. The molecule has 2 aliphatic heterocycles. The quantitative estimate of drug-likeness (QED) is 0.928. The van der Waals surface area contributed by atoms with E-state index in [1.165, 1.54) is 18.6 Å². The van der Waals surface area contributed by atoms with Crippen LogP contribution in [0.1, 0.15) is 19.3 Å². The molecule has 2 saturated heterocycles. The molecule has 2 fully saturated rings. The number of halogens is 3. The minimum absolute atomic E-state index is 0.195. The average Bonchev–Trinajstić information content (AvgIpc) is 2.40. The lowest BCUT2D eigenvalue weighted by Gasteiger charge is -2.48. The minimum Gasteiger partial charge on any atom is -0.404 e. The molecular weight excluding hydrogens is 295 g/mol. The first-order valence-corrected chi connectivity index (χ1v) is 7.51. The Hall–Kier alpha value is -1.47. The molecule has 2 aliphatic rings. The number of anilines is 1. The fourth-order valence-corrected chi connectivity index (χ4v) is 3.35. The van der Waals surface area contributed by atoms with Crippen molar-refractivity contribution >= 4 is 5.69 Å². The minimum atomic E-state index is -4.68. The first-order chi connectivity index (χ1) is 10.4. The van der Waals surface area contributed by atoms with Gasteiger partial charge in [0.25, 0.3) is 0 Å². The van der Waals surface area contributed by atoms with Crippen LogP contribution in [0, 0.1) is 0 Å². The molecule has 2 heterocycles. The number of ether oxygens (including phenoxy) is 1. The molecule has 1 aromatic rings. The van der Waals surface area contributed by atoms with Crippen LogP contribution in [0.3, 0.4) is 0 Å². The number of piperazine rings is 1. The second kappa shape index (κ2) is 5.96. The first-order valence-electron chi connectivity index (χ1n) is 7.51. The van der Waals surface area contributed by atoms with Gasteiger partial charge in [0.15, 0.2) is 5.75 Å². The second-order valence-electron chi connectivity index (χ2n) is 5.96. The van der Waals surface area contributed by atoms with E-state index in [-0.39, 0.29) is 5.75 Å². The third kappa shape index (κ3) is 3.47. The number of hydrogen-bond donors (Lipinski definition) is 1. The summed E-state index contributed by atoms with van der Waals surface area (Å²) in [7, 11) is 2.13. The van der Waals surface area contributed by atoms with E-state index in [4.69, 9.17) is 0 Å². The highest BCUT2D eigenvalue weighted by Crippen LogP contribution is 2.32. The molecular formula is C15H20F3N3O. The molecule has 2 atom stereocenters. The molecule has 0 aromatic heterocycles. The van der Waals surface area contributed by atoms with Crippen molar-refractivity contribution in [2.45, 2.75) is 37.7 Å². The molecule has 2 bridgehead atoms. The molecule has 4 nitrogen and oxygen atoms in total. The lowest BCUT2D eigenvalue weighted by molar-refractivity contribution is -0.274. The van der Waals surface area contributed by atoms with Gasteiger partial charge < -0.3 is 10.2 Å². The van der Waals surface area contributed by atoms with E-state index in [1.807, 2.05) is 5.01 Å². The van der Waals surface area contributed by atoms with Gasteiger partial charge in [-0.1, -0.05) is 18.6 Å². The van der Waals surface area contributed by atoms with Crippen LogP contribution in [-0.4, -0.2) is 48.5 Å². The SMILES string of the molecule is CN1C2CCCC1CN(Nc1ccccc1OC(F)(F)F)C2. The summed E-state index contributed by atoms with van der Waals surface area (Å²) >= 11 is 0. The van der Waals surface area contributed by atoms with Crippen LogP contribution in [0.2, 0.25) is 0 Å². The molecule has 22 heavy (non-hydrogen) atoms. The third-order valence-corrected chi connectivity index (χ3v) is 4.48. The summed E-state index contributed by atoms with van der Waals surface area (Å²) in [4.78, 5) is 2.39. The monoisotopic (exact) mass is 315 g/mol. The van der Waals surface area contributed by atoms with Crippen molar-refractivity contribution in [3.8, 4) is 5.75 Å². The normalized spacial score (nSPS) is 26.7. The number of hydrazine groups is 1. The fourth-order valence-electron chi connectivity index (χ4n) is 3.35. The number of alkyl halides is 3. The van der Waals surface area contributed by atoms with Crippen LogP contribution >= 0.6 is 0 Å². The summed E-state index contributed by atoms with van der Waals surface area (Å²) in [6.45, 7) is 1.60. The maximum Gasteiger partial charge on any atom is 0.573 e. The van der Waals surface area contributed by atoms with Gasteiger partial charge in [0.1, 0.15) is 0 Å². The zero-order valence-corrected chi connectivity index (χ0v) is 12.4. The highest BCUT2D eigenvalue weighted by molar-refractivity contribution is 5.55. The van der Waals surface area contributed by atoms with Crippen LogP contribution < -0.4 is 10.2 Å². The summed E-state index contributed by atoms with van der Waals surface area (Å²) in [5.74, 6) is -0.195. The molecule has 0 spiro atoms. The molecule has 0 aliphatic carbocycles. The summed E-state index contributed by atoms with van der Waals surface area (Å²) in [5, 5.41) is 2.01. The van der Waals surface area contributed by atoms with E-state index < -0.39 is 6.36 Å². The number of hydrogen-bond acceptors (Lipinski definition) is 4. The molecule has 1 N–H and O–H groups in total. The van der Waals surface area contributed by atoms with Crippen molar-refractivity contribution in [2.75, 3.05) is 25.6 Å². The third-order valence-electron chi connectivity index (χ3n) is 4.48. The standard InChI is InChI=1S/C15H20F3N3O/c1-20-11-5-4-6-12(20)10-21(9-11)19-13-7-2-3-8-14(13)22-15(16,17)18/h2-3,7-8,11-12,19H,4-6,9-10H2,1H3. The molecule has 7 heteroatoms. The van der Waals surface area contributed by atoms with Gasteiger partial charge in [0.2, 0.25) is 0 Å². The number of piperidine rings is 1. The Bertz CT molecular complexity index is 509. The smallest absolute Gasteiger partial charge is 0.404 e. The number of benzene rings is 1. The van der Waals surface area contributed by atoms with Crippen molar-refractivity contribution in [3.63, 3.8) is 0 Å². The van der Waals surface area contributed by atoms with Crippen LogP contribution in [0.15, 0.2) is 24.3 Å². The van der Waals surface area contributed by atoms with Gasteiger partial charge in [0.05, 0.1) is 5.69 Å². The molecule has 0 radical (unpaired) electrons. The summed E-state index contributed by atoms with van der Waals surface area (Å²) in [6, 6.07) is 7.07. The van der Waals surface area contributed by atoms with Gasteiger partial charge in [-0.15, -0.1) is 13.2 Å². The number of fused-ring (bicyclic) bond motifs is 2. The van der Waals surface area contributed by atoms with Gasteiger partial charge in [-0.3, -0.25) is 4.90 Å². The molecule has 2 unspecified atom stereocenters. The summed E-state index contributed by atoms with van der Waals surface area (Å²) < 4.78 is 41.5. The molecule has 122 valence electrons. The van der Waals surface area contributed by atoms with E-state index in [9.17, 15) is 13.2 Å². The molecule has 0 saturated carbocycles. The van der Waals surface area contributed by atoms with Crippen LogP contribution in [0.5, 0.6) is 5.75 Å². The number of likely N-dealkylation sites (N-methyl/N-ethyl adjacent to an activating group) is 1. The predicted octanol–water partition coefficient (Wildman–Crippen LogP) is 3.08. The average molecular weight is 315 g/mol. The Morgan fingerprint density at radius 3 is 2.41 bits per heavy atom. The fraction of sp³-hybridized carbons (Fsp3) is 0.600. The zero-order valence-electron chi connectivity index (χ0n) is 12.4. The Morgan fingerprint density at radius 2 is 1.77 bits per heavy atom. The molecule has 1 aromatic carbocycles. The largest absolute Gasteiger partial charge is 0.573 e. The Labute approximate surface area is 127 Å². The maximum atomic E-state index is 12.5. The predicted molar refractivity (Wildman–Crippen MR) is 77.5 cm³/mol. The van der Waals surface area contributed by atoms with Gasteiger partial charge in [-0.25, -0.2) is 5.01 Å². The van der Waals surface area contributed by atoms with E-state index in [2.05, 4.69) is 22.1 Å². The van der Waals surface area contributed by atoms with Crippen molar-refractivity contribution in [1.29, 1.82) is 0 Å². The van der Waals surface area contributed by atoms with Crippen molar-refractivity contribution in [3.05, 3.63) is 24.3 Å². The highest BCUT2D eigenvalue weighted by Gasteiger charge is 2.36. The van der Waals surface area contributed by atoms with Crippen LogP contribution in [0.4, 0.5) is 18.9 Å². The topological polar surface area (TPSA) is 27.7 Å². The Morgan fingerprint density at radius 1 is 1.14 bits per heavy atom. The second-order valence-corrected chi connectivity index (χ2v) is 5.96. The Kier molecular flexibility index (Phi) is 4.18. The van der Waals surface area contributed by atoms with E-state index in [0.29, 0.717) is 17.8 Å². The highest BCUT2D eigenvalue weighted by atomic mass is 19.4. The van der Waals surface area contributed by atoms with Gasteiger partial charge in [-0.05, 0) is 32.0 Å². The van der Waals surface area contributed by atoms with Crippen LogP contribution in [0.25, 0.3) is 0 Å².